The van der Waals surface area contributed by atoms with Crippen molar-refractivity contribution in [1.29, 1.82) is 0 Å². The zero-order chi connectivity index (χ0) is 67.5. The predicted molar refractivity (Wildman–Crippen MR) is 402 cm³/mol. The third-order valence-corrected chi connectivity index (χ3v) is 17.4. The number of rotatable bonds is 12. The quantitative estimate of drug-likeness (QED) is 0.0545. The second-order valence-corrected chi connectivity index (χ2v) is 23.9. The van der Waals surface area contributed by atoms with Crippen LogP contribution in [0.15, 0.2) is 255 Å². The lowest BCUT2D eigenvalue weighted by Gasteiger charge is -2.11. The van der Waals surface area contributed by atoms with Crippen LogP contribution in [-0.4, -0.2) is 87.1 Å². The average molecular weight is 1310 g/mol. The van der Waals surface area contributed by atoms with Crippen molar-refractivity contribution in [3.63, 3.8) is 0 Å². The molecule has 0 spiro atoms. The lowest BCUT2D eigenvalue weighted by Crippen LogP contribution is -2.10. The Morgan fingerprint density at radius 1 is 0.460 bits per heavy atom. The second kappa shape index (κ2) is 26.7. The zero-order valence-corrected chi connectivity index (χ0v) is 54.7. The largest absolute Gasteiger partial charge is 0.479 e. The summed E-state index contributed by atoms with van der Waals surface area (Å²) in [4.78, 5) is 48.3. The summed E-state index contributed by atoms with van der Waals surface area (Å²) in [6.07, 6.45) is 16.0. The molecule has 488 valence electrons. The Morgan fingerprint density at radius 3 is 1.56 bits per heavy atom. The summed E-state index contributed by atoms with van der Waals surface area (Å²) >= 11 is 0. The fourth-order valence-electron chi connectivity index (χ4n) is 12.3. The highest BCUT2D eigenvalue weighted by Crippen LogP contribution is 2.35. The van der Waals surface area contributed by atoms with E-state index < -0.39 is 0 Å². The molecule has 19 rings (SSSR count). The van der Waals surface area contributed by atoms with Gasteiger partial charge in [-0.1, -0.05) is 121 Å². The topological polar surface area (TPSA) is 274 Å². The van der Waals surface area contributed by atoms with Gasteiger partial charge in [0.1, 0.15) is 23.0 Å². The highest BCUT2D eigenvalue weighted by molar-refractivity contribution is 6.07. The van der Waals surface area contributed by atoms with E-state index in [1.54, 1.807) is 19.6 Å². The maximum absolute atomic E-state index is 5.51. The number of para-hydroxylation sites is 8. The highest BCUT2D eigenvalue weighted by Gasteiger charge is 2.19. The number of hydrogen-bond acceptors (Lipinski definition) is 15. The molecule has 11 aromatic heterocycles. The summed E-state index contributed by atoms with van der Waals surface area (Å²) in [6.45, 7) is 3.93. The van der Waals surface area contributed by atoms with Gasteiger partial charge < -0.3 is 65.4 Å². The molecule has 0 radical (unpaired) electrons. The zero-order valence-electron chi connectivity index (χ0n) is 54.7. The van der Waals surface area contributed by atoms with E-state index in [1.807, 2.05) is 196 Å². The molecule has 22 nitrogen and oxygen atoms in total. The number of ether oxygens (including phenoxy) is 1. The van der Waals surface area contributed by atoms with Crippen LogP contribution in [0, 0.1) is 13.8 Å². The van der Waals surface area contributed by atoms with Crippen LogP contribution in [0.1, 0.15) is 16.8 Å². The summed E-state index contributed by atoms with van der Waals surface area (Å²) in [7, 11) is 3.62. The minimum atomic E-state index is 0.480. The van der Waals surface area contributed by atoms with Crippen LogP contribution in [0.2, 0.25) is 0 Å². The van der Waals surface area contributed by atoms with Gasteiger partial charge in [0.15, 0.2) is 11.5 Å². The summed E-state index contributed by atoms with van der Waals surface area (Å²) in [5, 5.41) is 32.3. The molecule has 0 atom stereocenters. The van der Waals surface area contributed by atoms with Crippen molar-refractivity contribution in [3.05, 3.63) is 267 Å². The SMILES string of the molecule is COc1nc(-c2cc(C)c(Nc3c[nH]c4ccccc34)nn2)ccc1-n1cnc(C)c1.Cn1c(Nc2c[nH]c3ccccc23)nc2ccccc21.c1ccc2c(Nc3nc(Nc4c[nH]c5ccccc45)c4cccnc4n3)c[nH]c2c1.c1ccc2c(c1)CC(Nc1c[nH]c3ccccc13)=N2. The minimum Gasteiger partial charge on any atom is -0.479 e. The number of fused-ring (bicyclic) bond motifs is 8. The number of pyridine rings is 2. The maximum Gasteiger partial charge on any atom is 0.238 e. The molecule has 0 bridgehead atoms. The van der Waals surface area contributed by atoms with Crippen molar-refractivity contribution < 1.29 is 4.74 Å². The third kappa shape index (κ3) is 12.4. The number of benzene rings is 7. The molecule has 12 heterocycles. The Morgan fingerprint density at radius 2 is 0.990 bits per heavy atom. The van der Waals surface area contributed by atoms with Crippen molar-refractivity contribution in [1.82, 2.24) is 74.2 Å². The molecule has 1 aliphatic rings. The highest BCUT2D eigenvalue weighted by atomic mass is 16.5. The Labute approximate surface area is 571 Å². The number of nitrogens with zero attached hydrogens (tertiary/aromatic N) is 11. The van der Waals surface area contributed by atoms with Gasteiger partial charge >= 0.3 is 0 Å². The minimum absolute atomic E-state index is 0.480. The molecule has 18 aromatic rings. The standard InChI is InChI=1S/C23H21N7O.C23H17N7.C16H14N4.C16H13N3/c1-14-10-19(18-8-9-21(23(27-18)31-3)30-12-15(2)25-13-30)28-29-22(14)26-20-11-24-17-7-5-4-6-16(17)20;1-3-9-17-14(6-1)19(12-25-17)27-22-16-8-5-11-24-21(16)29-23(30-22)28-20-13-26-18-10-4-2-7-15(18)20;1-20-15-9-5-4-8-13(15)18-16(20)19-14-10-17-12-7-3-2-6-11(12)14;1-3-7-13-11(5-1)9-16(18-13)19-15-10-17-14-8-4-2-6-12(14)15/h4-13,24H,1-3H3,(H,26,29);1-13,25-26H,(H2,24,27,28,29,30);2-10,17H,1H3,(H,18,19);1-8,10,17H,9H2,(H,18,19). The molecule has 0 saturated heterocycles. The number of aromatic nitrogens is 15. The van der Waals surface area contributed by atoms with E-state index >= 15 is 0 Å². The average Bonchev–Trinajstić information content (AvgIpc) is 1.36. The smallest absolute Gasteiger partial charge is 0.238 e. The lowest BCUT2D eigenvalue weighted by atomic mass is 10.1. The van der Waals surface area contributed by atoms with E-state index in [2.05, 4.69) is 163 Å². The monoisotopic (exact) mass is 1310 g/mol. The van der Waals surface area contributed by atoms with Gasteiger partial charge in [0.25, 0.3) is 0 Å². The van der Waals surface area contributed by atoms with Gasteiger partial charge in [-0.05, 0) is 104 Å². The Bertz CT molecular complexity index is 6020. The lowest BCUT2D eigenvalue weighted by molar-refractivity contribution is 0.396. The van der Waals surface area contributed by atoms with E-state index in [1.165, 1.54) is 16.3 Å². The van der Waals surface area contributed by atoms with E-state index in [9.17, 15) is 0 Å². The van der Waals surface area contributed by atoms with Crippen molar-refractivity contribution in [3.8, 4) is 23.0 Å². The predicted octanol–water partition coefficient (Wildman–Crippen LogP) is 17.7. The number of hydrogen-bond donors (Lipinski definition) is 10. The van der Waals surface area contributed by atoms with Gasteiger partial charge in [0, 0.05) is 111 Å². The van der Waals surface area contributed by atoms with Crippen LogP contribution < -0.4 is 31.3 Å². The van der Waals surface area contributed by atoms with Gasteiger partial charge in [0.05, 0.1) is 75.4 Å². The van der Waals surface area contributed by atoms with Crippen LogP contribution >= 0.6 is 0 Å². The number of aliphatic imine (C=N–C) groups is 1. The molecular formula is C78H65N21O. The van der Waals surface area contributed by atoms with Crippen LogP contribution in [0.4, 0.5) is 57.7 Å². The Balaban J connectivity index is 0.000000106. The number of imidazole rings is 2. The number of anilines is 9. The summed E-state index contributed by atoms with van der Waals surface area (Å²) in [5.41, 5.74) is 19.6. The fourth-order valence-corrected chi connectivity index (χ4v) is 12.3. The molecule has 0 saturated carbocycles. The summed E-state index contributed by atoms with van der Waals surface area (Å²) in [6, 6.07) is 66.9. The van der Waals surface area contributed by atoms with Crippen LogP contribution in [0.5, 0.6) is 5.88 Å². The molecule has 7 aromatic carbocycles. The van der Waals surface area contributed by atoms with E-state index in [4.69, 9.17) is 9.72 Å². The van der Waals surface area contributed by atoms with Crippen molar-refractivity contribution in [2.45, 2.75) is 20.3 Å². The Kier molecular flexibility index (Phi) is 16.3. The van der Waals surface area contributed by atoms with Crippen LogP contribution in [0.25, 0.3) is 93.7 Å². The third-order valence-electron chi connectivity index (χ3n) is 17.4. The first-order valence-corrected chi connectivity index (χ1v) is 32.5. The number of amidine groups is 1. The van der Waals surface area contributed by atoms with Gasteiger partial charge in [-0.2, -0.15) is 9.97 Å². The van der Waals surface area contributed by atoms with Crippen LogP contribution in [0.3, 0.4) is 0 Å². The van der Waals surface area contributed by atoms with Crippen molar-refractivity contribution in [2.24, 2.45) is 12.0 Å². The number of aryl methyl sites for hydroxylation is 3. The first kappa shape index (κ1) is 61.0. The maximum atomic E-state index is 5.51. The molecular weight excluding hydrogens is 1250 g/mol. The molecule has 100 heavy (non-hydrogen) atoms. The molecule has 0 unspecified atom stereocenters. The Hall–Kier alpha value is -13.9. The van der Waals surface area contributed by atoms with Gasteiger partial charge in [0.2, 0.25) is 17.8 Å². The van der Waals surface area contributed by atoms with E-state index in [0.29, 0.717) is 40.5 Å². The van der Waals surface area contributed by atoms with Gasteiger partial charge in [-0.3, -0.25) is 0 Å². The summed E-state index contributed by atoms with van der Waals surface area (Å²) in [5.74, 6) is 4.22. The second-order valence-electron chi connectivity index (χ2n) is 23.9. The van der Waals surface area contributed by atoms with E-state index in [-0.39, 0.29) is 0 Å². The van der Waals surface area contributed by atoms with E-state index in [0.717, 1.165) is 129 Å². The molecule has 0 fully saturated rings. The number of methoxy groups -OCH3 is 1. The number of H-pyrrole nitrogens is 5. The first-order chi connectivity index (χ1) is 49.2. The first-order valence-electron chi connectivity index (χ1n) is 32.5. The number of nitrogens with one attached hydrogen (secondary N) is 10. The molecule has 22 heteroatoms. The van der Waals surface area contributed by atoms with Crippen molar-refractivity contribution in [2.75, 3.05) is 33.7 Å². The normalized spacial score (nSPS) is 11.6. The summed E-state index contributed by atoms with van der Waals surface area (Å²) < 4.78 is 9.46. The molecule has 10 N–H and O–H groups in total. The molecule has 1 aliphatic heterocycles. The van der Waals surface area contributed by atoms with Crippen LogP contribution in [-0.2, 0) is 13.5 Å². The number of aromatic amines is 5. The van der Waals surface area contributed by atoms with Gasteiger partial charge in [-0.25, -0.2) is 24.9 Å². The fraction of sp³-hybridized carbons (Fsp3) is 0.0641. The van der Waals surface area contributed by atoms with Gasteiger partial charge in [-0.15, -0.1) is 10.2 Å². The molecule has 0 amide bonds. The van der Waals surface area contributed by atoms with Crippen molar-refractivity contribution >= 4 is 140 Å². The molecule has 0 aliphatic carbocycles.